The average molecular weight is 239 g/mol. The highest BCUT2D eigenvalue weighted by Crippen LogP contribution is 2.42. The van der Waals surface area contributed by atoms with Crippen molar-refractivity contribution in [2.75, 3.05) is 0 Å². The van der Waals surface area contributed by atoms with Crippen LogP contribution in [-0.4, -0.2) is 22.1 Å². The largest absolute Gasteiger partial charge is 0.449 e. The van der Waals surface area contributed by atoms with Crippen molar-refractivity contribution >= 4 is 39.7 Å². The van der Waals surface area contributed by atoms with E-state index in [9.17, 15) is 14.4 Å². The number of rotatable bonds is 2. The van der Waals surface area contributed by atoms with Crippen LogP contribution in [-0.2, 0) is 19.1 Å². The first-order valence-corrected chi connectivity index (χ1v) is 4.61. The van der Waals surface area contributed by atoms with Gasteiger partial charge in [0.1, 0.15) is 5.41 Å². The summed E-state index contributed by atoms with van der Waals surface area (Å²) in [5, 5.41) is -1.66. The van der Waals surface area contributed by atoms with Crippen LogP contribution in [0.3, 0.4) is 0 Å². The molecule has 0 N–H and O–H groups in total. The summed E-state index contributed by atoms with van der Waals surface area (Å²) < 4.78 is 4.76. The molecule has 0 bridgehead atoms. The molecule has 4 nitrogen and oxygen atoms in total. The lowest BCUT2D eigenvalue weighted by Gasteiger charge is -2.17. The molecule has 0 aromatic rings. The van der Waals surface area contributed by atoms with Crippen LogP contribution in [0.1, 0.15) is 20.3 Å². The smallest absolute Gasteiger partial charge is 0.321 e. The van der Waals surface area contributed by atoms with Crippen LogP contribution in [0.5, 0.6) is 0 Å². The highest BCUT2D eigenvalue weighted by molar-refractivity contribution is 6.67. The minimum absolute atomic E-state index is 0.122. The van der Waals surface area contributed by atoms with Gasteiger partial charge in [0.15, 0.2) is 5.60 Å². The number of hydrogen-bond donors (Lipinski definition) is 0. The summed E-state index contributed by atoms with van der Waals surface area (Å²) in [6, 6.07) is 0. The average Bonchev–Trinajstić information content (AvgIpc) is 2.25. The summed E-state index contributed by atoms with van der Waals surface area (Å²) in [5.74, 6) is -0.811. The highest BCUT2D eigenvalue weighted by atomic mass is 35.5. The summed E-state index contributed by atoms with van der Waals surface area (Å²) in [7, 11) is 0. The van der Waals surface area contributed by atoms with Crippen LogP contribution in [0.25, 0.3) is 0 Å². The maximum absolute atomic E-state index is 11.3. The predicted molar refractivity (Wildman–Crippen MR) is 48.9 cm³/mol. The van der Waals surface area contributed by atoms with Gasteiger partial charge in [0, 0.05) is 6.42 Å². The number of carbonyl (C=O) groups excluding carboxylic acids is 3. The van der Waals surface area contributed by atoms with Crippen molar-refractivity contribution in [1.82, 2.24) is 0 Å². The molecule has 1 rings (SSSR count). The van der Waals surface area contributed by atoms with Gasteiger partial charge in [0.25, 0.3) is 5.24 Å². The minimum atomic E-state index is -1.47. The molecule has 0 spiro atoms. The zero-order chi connectivity index (χ0) is 11.1. The number of carbonyl (C=O) groups is 3. The zero-order valence-corrected chi connectivity index (χ0v) is 9.11. The fourth-order valence-electron chi connectivity index (χ4n) is 1.36. The van der Waals surface area contributed by atoms with E-state index in [2.05, 4.69) is 0 Å². The Morgan fingerprint density at radius 1 is 1.29 bits per heavy atom. The minimum Gasteiger partial charge on any atom is -0.449 e. The fourth-order valence-corrected chi connectivity index (χ4v) is 1.61. The molecule has 0 aromatic carbocycles. The Kier molecular flexibility index (Phi) is 2.63. The summed E-state index contributed by atoms with van der Waals surface area (Å²) in [4.78, 5) is 33.3. The van der Waals surface area contributed by atoms with Crippen molar-refractivity contribution in [2.45, 2.75) is 25.9 Å². The standard InChI is InChI=1S/C8H8Cl2O4/c1-7(4(9)11)3-8(2,5(10)12)14-6(7)13/h3H2,1-2H3. The SMILES string of the molecule is CC1(C(=O)Cl)CC(C)(C(=O)Cl)C(=O)O1. The molecule has 1 aliphatic rings. The van der Waals surface area contributed by atoms with Gasteiger partial charge in [0.2, 0.25) is 5.24 Å². The summed E-state index contributed by atoms with van der Waals surface area (Å²) >= 11 is 10.5. The van der Waals surface area contributed by atoms with Gasteiger partial charge in [-0.3, -0.25) is 14.4 Å². The van der Waals surface area contributed by atoms with Gasteiger partial charge in [0.05, 0.1) is 0 Å². The third-order valence-corrected chi connectivity index (χ3v) is 3.13. The lowest BCUT2D eigenvalue weighted by molar-refractivity contribution is -0.157. The molecule has 0 amide bonds. The monoisotopic (exact) mass is 238 g/mol. The number of halogens is 2. The number of hydrogen-bond acceptors (Lipinski definition) is 4. The zero-order valence-electron chi connectivity index (χ0n) is 7.60. The van der Waals surface area contributed by atoms with Crippen molar-refractivity contribution in [3.8, 4) is 0 Å². The van der Waals surface area contributed by atoms with E-state index >= 15 is 0 Å². The van der Waals surface area contributed by atoms with Crippen LogP contribution < -0.4 is 0 Å². The Morgan fingerprint density at radius 2 is 1.79 bits per heavy atom. The lowest BCUT2D eigenvalue weighted by Crippen LogP contribution is -2.33. The van der Waals surface area contributed by atoms with E-state index in [0.717, 1.165) is 0 Å². The van der Waals surface area contributed by atoms with Gasteiger partial charge in [-0.1, -0.05) is 0 Å². The Morgan fingerprint density at radius 3 is 2.00 bits per heavy atom. The van der Waals surface area contributed by atoms with Crippen molar-refractivity contribution in [3.05, 3.63) is 0 Å². The molecule has 1 saturated heterocycles. The molecule has 0 radical (unpaired) electrons. The molecular weight excluding hydrogens is 231 g/mol. The van der Waals surface area contributed by atoms with Crippen LogP contribution in [0.2, 0.25) is 0 Å². The number of esters is 1. The summed E-state index contributed by atoms with van der Waals surface area (Å²) in [5.41, 5.74) is -2.92. The van der Waals surface area contributed by atoms with Crippen molar-refractivity contribution in [3.63, 3.8) is 0 Å². The Balaban J connectivity index is 3.06. The van der Waals surface area contributed by atoms with Crippen LogP contribution in [0.15, 0.2) is 0 Å². The molecule has 0 saturated carbocycles. The molecule has 0 aliphatic carbocycles. The van der Waals surface area contributed by atoms with E-state index in [1.54, 1.807) is 0 Å². The van der Waals surface area contributed by atoms with Gasteiger partial charge in [-0.25, -0.2) is 0 Å². The Bertz CT molecular complexity index is 327. The van der Waals surface area contributed by atoms with Crippen LogP contribution in [0, 0.1) is 5.41 Å². The van der Waals surface area contributed by atoms with E-state index < -0.39 is 27.5 Å². The van der Waals surface area contributed by atoms with Gasteiger partial charge in [-0.15, -0.1) is 0 Å². The summed E-state index contributed by atoms with van der Waals surface area (Å²) in [6.45, 7) is 2.68. The molecule has 2 unspecified atom stereocenters. The highest BCUT2D eigenvalue weighted by Gasteiger charge is 2.58. The third-order valence-electron chi connectivity index (χ3n) is 2.31. The molecule has 14 heavy (non-hydrogen) atoms. The Hall–Kier alpha value is -0.610. The molecule has 6 heteroatoms. The van der Waals surface area contributed by atoms with E-state index in [4.69, 9.17) is 27.9 Å². The second kappa shape index (κ2) is 3.21. The fraction of sp³-hybridized carbons (Fsp3) is 0.625. The Labute approximate surface area is 90.5 Å². The first kappa shape index (κ1) is 11.5. The van der Waals surface area contributed by atoms with Gasteiger partial charge < -0.3 is 4.74 Å². The van der Waals surface area contributed by atoms with E-state index in [1.807, 2.05) is 0 Å². The first-order valence-electron chi connectivity index (χ1n) is 3.86. The van der Waals surface area contributed by atoms with Crippen LogP contribution in [0.4, 0.5) is 0 Å². The van der Waals surface area contributed by atoms with Gasteiger partial charge in [-0.05, 0) is 37.0 Å². The van der Waals surface area contributed by atoms with Crippen molar-refractivity contribution in [1.29, 1.82) is 0 Å². The maximum Gasteiger partial charge on any atom is 0.321 e. The first-order chi connectivity index (χ1) is 6.22. The molecule has 1 fully saturated rings. The summed E-state index contributed by atoms with van der Waals surface area (Å²) in [6.07, 6.45) is -0.122. The molecule has 0 aromatic heterocycles. The molecule has 1 heterocycles. The number of ether oxygens (including phenoxy) is 1. The van der Waals surface area contributed by atoms with Crippen molar-refractivity contribution < 1.29 is 19.1 Å². The topological polar surface area (TPSA) is 60.4 Å². The van der Waals surface area contributed by atoms with Gasteiger partial charge >= 0.3 is 5.97 Å². The molecule has 2 atom stereocenters. The second-order valence-electron chi connectivity index (χ2n) is 3.68. The molecular formula is C8H8Cl2O4. The van der Waals surface area contributed by atoms with E-state index in [1.165, 1.54) is 13.8 Å². The maximum atomic E-state index is 11.3. The lowest BCUT2D eigenvalue weighted by atomic mass is 9.84. The van der Waals surface area contributed by atoms with Crippen molar-refractivity contribution in [2.24, 2.45) is 5.41 Å². The second-order valence-corrected chi connectivity index (χ2v) is 4.36. The quantitative estimate of drug-likeness (QED) is 0.413. The predicted octanol–water partition coefficient (Wildman–Crippen LogP) is 1.23. The molecule has 1 aliphatic heterocycles. The van der Waals surface area contributed by atoms with E-state index in [-0.39, 0.29) is 6.42 Å². The third kappa shape index (κ3) is 1.53. The molecule has 78 valence electrons. The van der Waals surface area contributed by atoms with Gasteiger partial charge in [-0.2, -0.15) is 0 Å². The number of cyclic esters (lactones) is 1. The normalized spacial score (nSPS) is 36.7. The van der Waals surface area contributed by atoms with E-state index in [0.29, 0.717) is 0 Å². The van der Waals surface area contributed by atoms with Crippen LogP contribution >= 0.6 is 23.2 Å².